The highest BCUT2D eigenvalue weighted by atomic mass is 16.6. The molecule has 4 rings (SSSR count). The van der Waals surface area contributed by atoms with Crippen LogP contribution in [0, 0.1) is 5.92 Å². The second-order valence-electron chi connectivity index (χ2n) is 11.3. The number of aliphatic hydroxyl groups is 1. The molecule has 1 aromatic carbocycles. The van der Waals surface area contributed by atoms with Crippen molar-refractivity contribution in [1.82, 2.24) is 14.9 Å². The lowest BCUT2D eigenvalue weighted by atomic mass is 9.82. The van der Waals surface area contributed by atoms with Crippen LogP contribution >= 0.6 is 0 Å². The maximum Gasteiger partial charge on any atom is 0.411 e. The molecule has 7 nitrogen and oxygen atoms in total. The Hall–Kier alpha value is -2.32. The number of aromatic amines is 1. The van der Waals surface area contributed by atoms with E-state index >= 15 is 0 Å². The fourth-order valence-corrected chi connectivity index (χ4v) is 4.03. The number of benzene rings is 1. The normalized spacial score (nSPS) is 22.8. The van der Waals surface area contributed by atoms with Gasteiger partial charge >= 0.3 is 13.6 Å². The fraction of sp³-hybridized carbons (Fsp3) is 0.600. The van der Waals surface area contributed by atoms with Crippen molar-refractivity contribution in [3.8, 4) is 11.3 Å². The molecule has 1 aromatic heterocycles. The van der Waals surface area contributed by atoms with Crippen LogP contribution in [-0.4, -0.2) is 56.4 Å². The third-order valence-electron chi connectivity index (χ3n) is 6.80. The first-order chi connectivity index (χ1) is 15.2. The van der Waals surface area contributed by atoms with Gasteiger partial charge in [0.1, 0.15) is 11.4 Å². The van der Waals surface area contributed by atoms with E-state index in [9.17, 15) is 9.90 Å². The minimum Gasteiger partial charge on any atom is -0.444 e. The summed E-state index contributed by atoms with van der Waals surface area (Å²) in [5.74, 6) is 1.34. The number of imidazole rings is 1. The number of amides is 1. The first-order valence-corrected chi connectivity index (χ1v) is 11.7. The topological polar surface area (TPSA) is 87.7 Å². The first kappa shape index (κ1) is 23.8. The van der Waals surface area contributed by atoms with Gasteiger partial charge in [0, 0.05) is 6.04 Å². The molecule has 0 bridgehead atoms. The van der Waals surface area contributed by atoms with Crippen LogP contribution in [0.1, 0.15) is 73.2 Å². The van der Waals surface area contributed by atoms with Gasteiger partial charge in [-0.15, -0.1) is 0 Å². The maximum absolute atomic E-state index is 12.8. The molecule has 8 heteroatoms. The number of hydrogen-bond acceptors (Lipinski definition) is 5. The predicted molar refractivity (Wildman–Crippen MR) is 128 cm³/mol. The molecule has 1 saturated heterocycles. The minimum atomic E-state index is -0.968. The molecule has 2 aromatic rings. The van der Waals surface area contributed by atoms with Crippen molar-refractivity contribution in [3.63, 3.8) is 0 Å². The van der Waals surface area contributed by atoms with E-state index in [0.29, 0.717) is 5.92 Å². The summed E-state index contributed by atoms with van der Waals surface area (Å²) >= 11 is 0. The molecule has 0 spiro atoms. The molecule has 3 atom stereocenters. The van der Waals surface area contributed by atoms with Crippen molar-refractivity contribution in [3.05, 3.63) is 36.3 Å². The molecule has 2 aliphatic rings. The number of aromatic nitrogens is 2. The van der Waals surface area contributed by atoms with Gasteiger partial charge in [-0.25, -0.2) is 9.78 Å². The van der Waals surface area contributed by atoms with Crippen LogP contribution in [0.2, 0.25) is 0 Å². The summed E-state index contributed by atoms with van der Waals surface area (Å²) in [6, 6.07) is 8.12. The number of piperidine rings is 1. The van der Waals surface area contributed by atoms with E-state index in [1.807, 2.05) is 70.0 Å². The van der Waals surface area contributed by atoms with Crippen molar-refractivity contribution in [2.45, 2.75) is 90.2 Å². The van der Waals surface area contributed by atoms with Crippen molar-refractivity contribution in [2.75, 3.05) is 0 Å². The summed E-state index contributed by atoms with van der Waals surface area (Å²) in [6.07, 6.45) is 3.52. The molecule has 177 valence electrons. The monoisotopic (exact) mass is 452 g/mol. The van der Waals surface area contributed by atoms with Gasteiger partial charge in [-0.05, 0) is 72.8 Å². The van der Waals surface area contributed by atoms with Gasteiger partial charge in [0.05, 0.1) is 29.1 Å². The molecule has 1 aliphatic heterocycles. The smallest absolute Gasteiger partial charge is 0.411 e. The molecule has 2 fully saturated rings. The van der Waals surface area contributed by atoms with Crippen LogP contribution in [0.3, 0.4) is 0 Å². The number of likely N-dealkylation sites (tertiary alicyclic amines) is 1. The number of carbonyl (C=O) groups excluding carboxylic acids is 1. The second kappa shape index (κ2) is 8.17. The van der Waals surface area contributed by atoms with Gasteiger partial charge in [-0.3, -0.25) is 4.90 Å². The molecule has 1 saturated carbocycles. The Morgan fingerprint density at radius 2 is 1.79 bits per heavy atom. The number of ether oxygens (including phenoxy) is 1. The second-order valence-corrected chi connectivity index (χ2v) is 11.3. The lowest BCUT2D eigenvalue weighted by Gasteiger charge is -2.37. The quantitative estimate of drug-likeness (QED) is 0.648. The highest BCUT2D eigenvalue weighted by Gasteiger charge is 2.56. The minimum absolute atomic E-state index is 0.0811. The van der Waals surface area contributed by atoms with E-state index in [0.717, 1.165) is 35.4 Å². The molecular formula is C25H35BN3O4. The van der Waals surface area contributed by atoms with Gasteiger partial charge in [-0.1, -0.05) is 29.7 Å². The van der Waals surface area contributed by atoms with E-state index < -0.39 is 16.8 Å². The molecule has 33 heavy (non-hydrogen) atoms. The zero-order valence-electron chi connectivity index (χ0n) is 20.7. The van der Waals surface area contributed by atoms with Crippen molar-refractivity contribution in [2.24, 2.45) is 5.92 Å². The van der Waals surface area contributed by atoms with Gasteiger partial charge in [0.2, 0.25) is 0 Å². The number of nitrogens with zero attached hydrogens (tertiary/aromatic N) is 2. The number of carbonyl (C=O) groups is 1. The van der Waals surface area contributed by atoms with Gasteiger partial charge < -0.3 is 19.5 Å². The standard InChI is InChI=1S/C25H35BN3O4/c1-23(2,3)32-22(30)29-19-12-16(19)13-20(29)21-27-14-18(28-21)15-8-10-17(11-9-15)26-33-25(6,7)24(4,5)31/h8-11,14,16,19-20,31H,12-13H2,1-7H3,(H,27,28)/t16-,19?,20+/m1/s1. The van der Waals surface area contributed by atoms with Crippen LogP contribution in [0.25, 0.3) is 11.3 Å². The summed E-state index contributed by atoms with van der Waals surface area (Å²) in [5, 5.41) is 10.2. The molecule has 1 aliphatic carbocycles. The zero-order chi connectivity index (χ0) is 24.2. The van der Waals surface area contributed by atoms with Crippen molar-refractivity contribution in [1.29, 1.82) is 0 Å². The van der Waals surface area contributed by atoms with Crippen LogP contribution in [0.4, 0.5) is 4.79 Å². The Balaban J connectivity index is 1.44. The molecule has 2 heterocycles. The first-order valence-electron chi connectivity index (χ1n) is 11.7. The SMILES string of the molecule is CC(C)(C)OC(=O)N1C2C[C@@H]2C[C@H]1c1ncc(-c2ccc([B]OC(C)(C)C(C)(C)O)cc2)[nH]1. The Kier molecular flexibility index (Phi) is 5.90. The summed E-state index contributed by atoms with van der Waals surface area (Å²) in [5.41, 5.74) is 0.602. The van der Waals surface area contributed by atoms with Gasteiger partial charge in [0.15, 0.2) is 0 Å². The van der Waals surface area contributed by atoms with E-state index in [1.54, 1.807) is 21.3 Å². The average Bonchev–Trinajstić information content (AvgIpc) is 3.12. The third kappa shape index (κ3) is 5.12. The van der Waals surface area contributed by atoms with Crippen LogP contribution in [-0.2, 0) is 9.39 Å². The molecule has 1 unspecified atom stereocenters. The van der Waals surface area contributed by atoms with Gasteiger partial charge in [0.25, 0.3) is 0 Å². The fourth-order valence-electron chi connectivity index (χ4n) is 4.03. The number of fused-ring (bicyclic) bond motifs is 1. The lowest BCUT2D eigenvalue weighted by molar-refractivity contribution is -0.0893. The molecule has 1 amide bonds. The lowest BCUT2D eigenvalue weighted by Crippen LogP contribution is -2.49. The van der Waals surface area contributed by atoms with Crippen LogP contribution < -0.4 is 5.46 Å². The van der Waals surface area contributed by atoms with Gasteiger partial charge in [-0.2, -0.15) is 0 Å². The maximum atomic E-state index is 12.8. The predicted octanol–water partition coefficient (Wildman–Crippen LogP) is 3.96. The molecule has 2 N–H and O–H groups in total. The number of H-pyrrole nitrogens is 1. The molecule has 1 radical (unpaired) electrons. The number of rotatable bonds is 6. The third-order valence-corrected chi connectivity index (χ3v) is 6.80. The largest absolute Gasteiger partial charge is 0.444 e. The Bertz CT molecular complexity index is 1000. The summed E-state index contributed by atoms with van der Waals surface area (Å²) in [6.45, 7) is 12.9. The van der Waals surface area contributed by atoms with Crippen LogP contribution in [0.5, 0.6) is 0 Å². The van der Waals surface area contributed by atoms with E-state index in [2.05, 4.69) is 9.97 Å². The van der Waals surface area contributed by atoms with Crippen molar-refractivity contribution >= 4 is 19.0 Å². The number of hydrogen-bond donors (Lipinski definition) is 2. The Morgan fingerprint density at radius 1 is 1.12 bits per heavy atom. The highest BCUT2D eigenvalue weighted by Crippen LogP contribution is 2.53. The average molecular weight is 452 g/mol. The van der Waals surface area contributed by atoms with Crippen molar-refractivity contribution < 1.29 is 19.3 Å². The molecular weight excluding hydrogens is 417 g/mol. The Morgan fingerprint density at radius 3 is 2.39 bits per heavy atom. The number of nitrogens with one attached hydrogen (secondary N) is 1. The summed E-state index contributed by atoms with van der Waals surface area (Å²) in [7, 11) is 1.67. The van der Waals surface area contributed by atoms with E-state index in [-0.39, 0.29) is 18.2 Å². The van der Waals surface area contributed by atoms with Crippen LogP contribution in [0.15, 0.2) is 30.5 Å². The Labute approximate surface area is 197 Å². The van der Waals surface area contributed by atoms with E-state index in [4.69, 9.17) is 9.39 Å². The highest BCUT2D eigenvalue weighted by molar-refractivity contribution is 6.47. The zero-order valence-corrected chi connectivity index (χ0v) is 20.7. The summed E-state index contributed by atoms with van der Waals surface area (Å²) in [4.78, 5) is 22.7. The van der Waals surface area contributed by atoms with E-state index in [1.165, 1.54) is 0 Å². The summed E-state index contributed by atoms with van der Waals surface area (Å²) < 4.78 is 11.5.